The third-order valence-corrected chi connectivity index (χ3v) is 9.73. The second-order valence-electron chi connectivity index (χ2n) is 10.0. The zero-order valence-electron chi connectivity index (χ0n) is 22.2. The Hall–Kier alpha value is -3.07. The van der Waals surface area contributed by atoms with Gasteiger partial charge in [-0.15, -0.1) is 0 Å². The van der Waals surface area contributed by atoms with Gasteiger partial charge in [0.25, 0.3) is 0 Å². The van der Waals surface area contributed by atoms with E-state index in [-0.39, 0.29) is 25.1 Å². The molecule has 4 rings (SSSR count). The van der Waals surface area contributed by atoms with Crippen molar-refractivity contribution in [1.82, 2.24) is 4.98 Å². The van der Waals surface area contributed by atoms with Crippen molar-refractivity contribution < 1.29 is 13.7 Å². The molecule has 3 nitrogen and oxygen atoms in total. The van der Waals surface area contributed by atoms with E-state index < -0.39 is 7.14 Å². The van der Waals surface area contributed by atoms with E-state index in [2.05, 4.69) is 27.7 Å². The van der Waals surface area contributed by atoms with Crippen LogP contribution in [0.4, 0.5) is 4.39 Å². The number of hydrogen-bond acceptors (Lipinski definition) is 3. The van der Waals surface area contributed by atoms with Crippen molar-refractivity contribution >= 4 is 17.8 Å². The summed E-state index contributed by atoms with van der Waals surface area (Å²) in [5.41, 5.74) is 5.63. The Kier molecular flexibility index (Phi) is 9.82. The standard InChI is InChI=1S/C32H35FNO2P.CH4/c1-22(2)31-28(20-36-5)30(24-16-18-25(33)19-17-24)29(32(34-31)23(3)4)21-37(35,26-12-8-6-9-13-26)27-14-10-7-11-15-27;/h6-19,22-23H,20-21H2,1-5H3;1H4. The zero-order valence-corrected chi connectivity index (χ0v) is 23.1. The summed E-state index contributed by atoms with van der Waals surface area (Å²) in [5.74, 6) is -0.0331. The molecule has 0 fully saturated rings. The molecule has 0 atom stereocenters. The minimum atomic E-state index is -3.10. The van der Waals surface area contributed by atoms with Crippen molar-refractivity contribution in [2.45, 2.75) is 59.7 Å². The number of nitrogens with zero attached hydrogens (tertiary/aromatic N) is 1. The second-order valence-corrected chi connectivity index (χ2v) is 12.9. The lowest BCUT2D eigenvalue weighted by Gasteiger charge is -2.28. The number of rotatable bonds is 9. The van der Waals surface area contributed by atoms with Gasteiger partial charge in [0.05, 0.1) is 6.61 Å². The van der Waals surface area contributed by atoms with Crippen LogP contribution in [0.5, 0.6) is 0 Å². The SMILES string of the molecule is C.COCc1c(C(C)C)nc(C(C)C)c(CP(=O)(c2ccccc2)c2ccccc2)c1-c1ccc(F)cc1. The fraction of sp³-hybridized carbons (Fsp3) is 0.303. The largest absolute Gasteiger partial charge is 0.380 e. The molecule has 0 bridgehead atoms. The van der Waals surface area contributed by atoms with Crippen molar-refractivity contribution in [3.63, 3.8) is 0 Å². The summed E-state index contributed by atoms with van der Waals surface area (Å²) in [7, 11) is -1.43. The van der Waals surface area contributed by atoms with Gasteiger partial charge in [-0.1, -0.05) is 108 Å². The minimum absolute atomic E-state index is 0. The lowest BCUT2D eigenvalue weighted by Crippen LogP contribution is -2.20. The number of pyridine rings is 1. The van der Waals surface area contributed by atoms with Crippen molar-refractivity contribution in [3.8, 4) is 11.1 Å². The van der Waals surface area contributed by atoms with Gasteiger partial charge in [0.15, 0.2) is 0 Å². The fourth-order valence-electron chi connectivity index (χ4n) is 4.97. The number of halogens is 1. The van der Waals surface area contributed by atoms with Gasteiger partial charge in [-0.05, 0) is 40.7 Å². The molecular weight excluding hydrogens is 492 g/mol. The molecule has 0 saturated carbocycles. The van der Waals surface area contributed by atoms with E-state index in [9.17, 15) is 4.39 Å². The number of hydrogen-bond donors (Lipinski definition) is 0. The highest BCUT2D eigenvalue weighted by Crippen LogP contribution is 2.51. The molecule has 1 heterocycles. The van der Waals surface area contributed by atoms with Crippen LogP contribution in [0.3, 0.4) is 0 Å². The molecule has 200 valence electrons. The molecule has 0 unspecified atom stereocenters. The number of methoxy groups -OCH3 is 1. The van der Waals surface area contributed by atoms with Crippen molar-refractivity contribution in [3.05, 3.63) is 113 Å². The molecule has 38 heavy (non-hydrogen) atoms. The summed E-state index contributed by atoms with van der Waals surface area (Å²) in [4.78, 5) is 5.19. The van der Waals surface area contributed by atoms with Gasteiger partial charge >= 0.3 is 0 Å². The van der Waals surface area contributed by atoms with Gasteiger partial charge in [-0.2, -0.15) is 0 Å². The number of ether oxygens (including phenoxy) is 1. The van der Waals surface area contributed by atoms with E-state index in [4.69, 9.17) is 9.72 Å². The number of aromatic nitrogens is 1. The second kappa shape index (κ2) is 12.7. The Morgan fingerprint density at radius 2 is 1.24 bits per heavy atom. The van der Waals surface area contributed by atoms with E-state index >= 15 is 4.57 Å². The van der Waals surface area contributed by atoms with Crippen LogP contribution in [0.1, 0.15) is 69.5 Å². The molecule has 0 aliphatic heterocycles. The quantitative estimate of drug-likeness (QED) is 0.204. The van der Waals surface area contributed by atoms with Gasteiger partial charge in [0.1, 0.15) is 13.0 Å². The lowest BCUT2D eigenvalue weighted by atomic mass is 9.88. The molecule has 0 aliphatic rings. The Bertz CT molecular complexity index is 1340. The Balaban J connectivity index is 0.00000400. The van der Waals surface area contributed by atoms with Gasteiger partial charge in [0.2, 0.25) is 0 Å². The van der Waals surface area contributed by atoms with E-state index in [1.807, 2.05) is 60.7 Å². The van der Waals surface area contributed by atoms with Crippen LogP contribution in [0.15, 0.2) is 84.9 Å². The van der Waals surface area contributed by atoms with Crippen molar-refractivity contribution in [2.24, 2.45) is 0 Å². The highest BCUT2D eigenvalue weighted by molar-refractivity contribution is 7.78. The summed E-state index contributed by atoms with van der Waals surface area (Å²) in [6.45, 7) is 8.85. The van der Waals surface area contributed by atoms with Crippen LogP contribution < -0.4 is 10.6 Å². The first-order chi connectivity index (χ1) is 17.8. The van der Waals surface area contributed by atoms with Gasteiger partial charge in [0, 0.05) is 40.8 Å². The average Bonchev–Trinajstić information content (AvgIpc) is 2.90. The third-order valence-electron chi connectivity index (χ3n) is 6.71. The summed E-state index contributed by atoms with van der Waals surface area (Å²) < 4.78 is 34.8. The molecule has 0 radical (unpaired) electrons. The Morgan fingerprint density at radius 3 is 1.68 bits per heavy atom. The lowest BCUT2D eigenvalue weighted by molar-refractivity contribution is 0.183. The predicted molar refractivity (Wildman–Crippen MR) is 159 cm³/mol. The molecule has 1 aromatic heterocycles. The number of benzene rings is 3. The molecule has 5 heteroatoms. The molecular formula is C33H39FNO2P. The highest BCUT2D eigenvalue weighted by atomic mass is 31.2. The zero-order chi connectivity index (χ0) is 26.6. The third kappa shape index (κ3) is 5.98. The van der Waals surface area contributed by atoms with Crippen LogP contribution in [-0.4, -0.2) is 12.1 Å². The van der Waals surface area contributed by atoms with Crippen molar-refractivity contribution in [2.75, 3.05) is 7.11 Å². The molecule has 0 saturated heterocycles. The predicted octanol–water partition coefficient (Wildman–Crippen LogP) is 8.43. The Labute approximate surface area is 227 Å². The molecule has 0 amide bonds. The molecule has 0 spiro atoms. The molecule has 4 aromatic rings. The van der Waals surface area contributed by atoms with Gasteiger partial charge in [-0.3, -0.25) is 4.98 Å². The van der Waals surface area contributed by atoms with Crippen LogP contribution in [-0.2, 0) is 22.1 Å². The van der Waals surface area contributed by atoms with Crippen LogP contribution in [0.2, 0.25) is 0 Å². The summed E-state index contributed by atoms with van der Waals surface area (Å²) in [5, 5.41) is 1.62. The van der Waals surface area contributed by atoms with E-state index in [1.165, 1.54) is 12.1 Å². The first kappa shape index (κ1) is 29.5. The summed E-state index contributed by atoms with van der Waals surface area (Å²) in [6.07, 6.45) is 0.309. The van der Waals surface area contributed by atoms with Crippen molar-refractivity contribution in [1.29, 1.82) is 0 Å². The first-order valence-corrected chi connectivity index (χ1v) is 14.7. The first-order valence-electron chi connectivity index (χ1n) is 12.8. The van der Waals surface area contributed by atoms with Crippen LogP contribution in [0, 0.1) is 5.82 Å². The summed E-state index contributed by atoms with van der Waals surface area (Å²) in [6, 6.07) is 26.0. The van der Waals surface area contributed by atoms with E-state index in [0.29, 0.717) is 12.8 Å². The monoisotopic (exact) mass is 531 g/mol. The van der Waals surface area contributed by atoms with Gasteiger partial charge < -0.3 is 9.30 Å². The van der Waals surface area contributed by atoms with Gasteiger partial charge in [-0.25, -0.2) is 4.39 Å². The summed E-state index contributed by atoms with van der Waals surface area (Å²) >= 11 is 0. The maximum absolute atomic E-state index is 15.2. The molecule has 3 aromatic carbocycles. The topological polar surface area (TPSA) is 39.2 Å². The highest BCUT2D eigenvalue weighted by Gasteiger charge is 2.33. The van der Waals surface area contributed by atoms with E-state index in [0.717, 1.165) is 44.3 Å². The smallest absolute Gasteiger partial charge is 0.147 e. The van der Waals surface area contributed by atoms with Crippen LogP contribution in [0.25, 0.3) is 11.1 Å². The minimum Gasteiger partial charge on any atom is -0.380 e. The maximum atomic E-state index is 15.2. The van der Waals surface area contributed by atoms with E-state index in [1.54, 1.807) is 19.2 Å². The fourth-order valence-corrected chi connectivity index (χ4v) is 7.70. The molecule has 0 aliphatic carbocycles. The molecule has 0 N–H and O–H groups in total. The average molecular weight is 532 g/mol. The normalized spacial score (nSPS) is 11.6. The van der Waals surface area contributed by atoms with Crippen LogP contribution >= 0.6 is 7.14 Å². The maximum Gasteiger partial charge on any atom is 0.147 e. The Morgan fingerprint density at radius 1 is 0.763 bits per heavy atom.